The monoisotopic (exact) mass is 325 g/mol. The molecule has 4 heteroatoms. The summed E-state index contributed by atoms with van der Waals surface area (Å²) in [6.45, 7) is 2.22. The Morgan fingerprint density at radius 1 is 1.13 bits per heavy atom. The molecule has 0 aliphatic rings. The minimum absolute atomic E-state index is 0.115. The molecule has 0 spiro atoms. The molecule has 0 aliphatic heterocycles. The minimum Gasteiger partial charge on any atom is -0.391 e. The number of aliphatic hydroxyl groups excluding tert-OH is 1. The second-order valence-corrected chi connectivity index (χ2v) is 6.66. The Hall–Kier alpha value is -2.17. The summed E-state index contributed by atoms with van der Waals surface area (Å²) in [5.74, 6) is -0.115. The zero-order chi connectivity index (χ0) is 16.2. The highest BCUT2D eigenvalue weighted by molar-refractivity contribution is 7.21. The molecule has 0 aliphatic carbocycles. The van der Waals surface area contributed by atoms with E-state index in [-0.39, 0.29) is 12.5 Å². The van der Waals surface area contributed by atoms with E-state index in [2.05, 4.69) is 5.32 Å². The Morgan fingerprint density at radius 2 is 1.83 bits per heavy atom. The van der Waals surface area contributed by atoms with Crippen molar-refractivity contribution in [3.8, 4) is 0 Å². The maximum atomic E-state index is 12.4. The van der Waals surface area contributed by atoms with E-state index < -0.39 is 6.10 Å². The fraction of sp³-hybridized carbons (Fsp3) is 0.211. The molecule has 1 amide bonds. The molecular weight excluding hydrogens is 306 g/mol. The standard InChI is InChI=1S/C19H19NO2S/c1-13-16-9-5-6-10-17(16)23-18(13)19(22)20-12-15(21)11-14-7-3-2-4-8-14/h2-10,15,21H,11-12H2,1H3,(H,20,22)/t15-/m0/s1. The van der Waals surface area contributed by atoms with Crippen LogP contribution in [-0.4, -0.2) is 23.7 Å². The lowest BCUT2D eigenvalue weighted by Crippen LogP contribution is -2.33. The number of hydrogen-bond acceptors (Lipinski definition) is 3. The molecule has 2 aromatic carbocycles. The maximum absolute atomic E-state index is 12.4. The van der Waals surface area contributed by atoms with Gasteiger partial charge in [0.1, 0.15) is 0 Å². The molecular formula is C19H19NO2S. The van der Waals surface area contributed by atoms with E-state index >= 15 is 0 Å². The number of aliphatic hydroxyl groups is 1. The van der Waals surface area contributed by atoms with Crippen LogP contribution in [0.15, 0.2) is 54.6 Å². The first-order valence-corrected chi connectivity index (χ1v) is 8.45. The second kappa shape index (κ2) is 6.94. The Kier molecular flexibility index (Phi) is 4.74. The van der Waals surface area contributed by atoms with E-state index in [0.717, 1.165) is 26.1 Å². The number of aryl methyl sites for hydroxylation is 1. The zero-order valence-corrected chi connectivity index (χ0v) is 13.8. The lowest BCUT2D eigenvalue weighted by atomic mass is 10.1. The van der Waals surface area contributed by atoms with Gasteiger partial charge in [-0.2, -0.15) is 0 Å². The van der Waals surface area contributed by atoms with Gasteiger partial charge in [0.25, 0.3) is 5.91 Å². The number of carbonyl (C=O) groups excluding carboxylic acids is 1. The van der Waals surface area contributed by atoms with E-state index in [4.69, 9.17) is 0 Å². The van der Waals surface area contributed by atoms with E-state index in [1.165, 1.54) is 11.3 Å². The predicted octanol–water partition coefficient (Wildman–Crippen LogP) is 3.54. The van der Waals surface area contributed by atoms with Crippen LogP contribution in [0.25, 0.3) is 10.1 Å². The van der Waals surface area contributed by atoms with E-state index in [9.17, 15) is 9.90 Å². The van der Waals surface area contributed by atoms with Crippen LogP contribution >= 0.6 is 11.3 Å². The number of carbonyl (C=O) groups is 1. The summed E-state index contributed by atoms with van der Waals surface area (Å²) in [4.78, 5) is 13.1. The molecule has 0 radical (unpaired) electrons. The quantitative estimate of drug-likeness (QED) is 0.754. The van der Waals surface area contributed by atoms with Gasteiger partial charge in [0.05, 0.1) is 11.0 Å². The lowest BCUT2D eigenvalue weighted by Gasteiger charge is -2.11. The van der Waals surface area contributed by atoms with Gasteiger partial charge in [-0.15, -0.1) is 11.3 Å². The number of amides is 1. The van der Waals surface area contributed by atoms with Crippen LogP contribution in [0.1, 0.15) is 20.8 Å². The Labute approximate surface area is 139 Å². The molecule has 23 heavy (non-hydrogen) atoms. The number of rotatable bonds is 5. The normalized spacial score (nSPS) is 12.3. The van der Waals surface area contributed by atoms with Crippen LogP contribution in [-0.2, 0) is 6.42 Å². The van der Waals surface area contributed by atoms with Crippen molar-refractivity contribution in [1.29, 1.82) is 0 Å². The summed E-state index contributed by atoms with van der Waals surface area (Å²) in [6, 6.07) is 17.8. The van der Waals surface area contributed by atoms with Crippen molar-refractivity contribution >= 4 is 27.3 Å². The largest absolute Gasteiger partial charge is 0.391 e. The molecule has 1 atom stereocenters. The summed E-state index contributed by atoms with van der Waals surface area (Å²) < 4.78 is 1.11. The number of hydrogen-bond donors (Lipinski definition) is 2. The molecule has 3 rings (SSSR count). The van der Waals surface area contributed by atoms with Gasteiger partial charge in [0.2, 0.25) is 0 Å². The summed E-state index contributed by atoms with van der Waals surface area (Å²) in [5, 5.41) is 14.1. The van der Waals surface area contributed by atoms with Gasteiger partial charge < -0.3 is 10.4 Å². The Morgan fingerprint density at radius 3 is 2.57 bits per heavy atom. The number of fused-ring (bicyclic) bond motifs is 1. The molecule has 0 bridgehead atoms. The van der Waals surface area contributed by atoms with Crippen molar-refractivity contribution in [1.82, 2.24) is 5.32 Å². The van der Waals surface area contributed by atoms with Crippen LogP contribution in [0.3, 0.4) is 0 Å². The van der Waals surface area contributed by atoms with Gasteiger partial charge in [-0.25, -0.2) is 0 Å². The minimum atomic E-state index is -0.587. The van der Waals surface area contributed by atoms with Crippen LogP contribution in [0, 0.1) is 6.92 Å². The Balaban J connectivity index is 1.63. The number of nitrogens with one attached hydrogen (secondary N) is 1. The van der Waals surface area contributed by atoms with E-state index in [1.54, 1.807) is 0 Å². The third-order valence-electron chi connectivity index (χ3n) is 3.86. The summed E-state index contributed by atoms with van der Waals surface area (Å²) in [5.41, 5.74) is 2.06. The van der Waals surface area contributed by atoms with Gasteiger partial charge in [-0.1, -0.05) is 48.5 Å². The Bertz CT molecular complexity index is 811. The van der Waals surface area contributed by atoms with E-state index in [1.807, 2.05) is 61.5 Å². The maximum Gasteiger partial charge on any atom is 0.261 e. The summed E-state index contributed by atoms with van der Waals surface area (Å²) in [7, 11) is 0. The molecule has 0 fully saturated rings. The van der Waals surface area contributed by atoms with Crippen LogP contribution in [0.2, 0.25) is 0 Å². The van der Waals surface area contributed by atoms with Crippen molar-refractivity contribution in [2.75, 3.05) is 6.54 Å². The fourth-order valence-corrected chi connectivity index (χ4v) is 3.77. The molecule has 1 heterocycles. The molecule has 1 aromatic heterocycles. The molecule has 0 saturated heterocycles. The topological polar surface area (TPSA) is 49.3 Å². The number of thiophene rings is 1. The SMILES string of the molecule is Cc1c(C(=O)NC[C@@H](O)Cc2ccccc2)sc2ccccc12. The lowest BCUT2D eigenvalue weighted by molar-refractivity contribution is 0.0919. The van der Waals surface area contributed by atoms with Gasteiger partial charge in [0, 0.05) is 17.7 Å². The van der Waals surface area contributed by atoms with Gasteiger partial charge in [0.15, 0.2) is 0 Å². The van der Waals surface area contributed by atoms with Crippen LogP contribution < -0.4 is 5.32 Å². The van der Waals surface area contributed by atoms with Crippen LogP contribution in [0.4, 0.5) is 0 Å². The van der Waals surface area contributed by atoms with Crippen LogP contribution in [0.5, 0.6) is 0 Å². The van der Waals surface area contributed by atoms with Gasteiger partial charge in [-0.3, -0.25) is 4.79 Å². The fourth-order valence-electron chi connectivity index (χ4n) is 2.64. The van der Waals surface area contributed by atoms with E-state index in [0.29, 0.717) is 6.42 Å². The second-order valence-electron chi connectivity index (χ2n) is 5.61. The first-order valence-electron chi connectivity index (χ1n) is 7.63. The van der Waals surface area contributed by atoms with Crippen molar-refractivity contribution in [2.24, 2.45) is 0 Å². The number of benzene rings is 2. The smallest absolute Gasteiger partial charge is 0.261 e. The summed E-state index contributed by atoms with van der Waals surface area (Å²) in [6.07, 6.45) is -0.0528. The highest BCUT2D eigenvalue weighted by Gasteiger charge is 2.16. The van der Waals surface area contributed by atoms with Gasteiger partial charge >= 0.3 is 0 Å². The molecule has 0 saturated carbocycles. The predicted molar refractivity (Wildman–Crippen MR) is 95.0 cm³/mol. The highest BCUT2D eigenvalue weighted by Crippen LogP contribution is 2.30. The summed E-state index contributed by atoms with van der Waals surface area (Å²) >= 11 is 1.49. The zero-order valence-electron chi connectivity index (χ0n) is 13.0. The first kappa shape index (κ1) is 15.7. The molecule has 2 N–H and O–H groups in total. The first-order chi connectivity index (χ1) is 11.1. The average molecular weight is 325 g/mol. The van der Waals surface area contributed by atoms with Gasteiger partial charge in [-0.05, 0) is 29.5 Å². The average Bonchev–Trinajstić information content (AvgIpc) is 2.91. The molecule has 118 valence electrons. The third-order valence-corrected chi connectivity index (χ3v) is 5.13. The van der Waals surface area contributed by atoms with Crippen molar-refractivity contribution in [3.05, 3.63) is 70.6 Å². The molecule has 3 aromatic rings. The molecule has 3 nitrogen and oxygen atoms in total. The highest BCUT2D eigenvalue weighted by atomic mass is 32.1. The van der Waals surface area contributed by atoms with Crippen molar-refractivity contribution in [3.63, 3.8) is 0 Å². The molecule has 0 unspecified atom stereocenters. The van der Waals surface area contributed by atoms with Crippen molar-refractivity contribution < 1.29 is 9.90 Å². The third kappa shape index (κ3) is 3.60. The van der Waals surface area contributed by atoms with Crippen molar-refractivity contribution in [2.45, 2.75) is 19.4 Å².